The first-order valence-electron chi connectivity index (χ1n) is 6.59. The molecule has 0 radical (unpaired) electrons. The number of phenols is 1. The Morgan fingerprint density at radius 2 is 1.78 bits per heavy atom. The summed E-state index contributed by atoms with van der Waals surface area (Å²) in [6.07, 6.45) is 0. The topological polar surface area (TPSA) is 105 Å². The zero-order valence-corrected chi connectivity index (χ0v) is 13.3. The van der Waals surface area contributed by atoms with Crippen LogP contribution in [0.1, 0.15) is 5.56 Å². The van der Waals surface area contributed by atoms with E-state index in [1.165, 1.54) is 37.4 Å². The average molecular weight is 336 g/mol. The van der Waals surface area contributed by atoms with Gasteiger partial charge >= 0.3 is 6.03 Å². The van der Waals surface area contributed by atoms with Crippen molar-refractivity contribution in [1.82, 2.24) is 4.72 Å². The molecule has 2 rings (SSSR count). The molecule has 3 N–H and O–H groups in total. The Balaban J connectivity index is 2.11. The highest BCUT2D eigenvalue weighted by Crippen LogP contribution is 2.27. The van der Waals surface area contributed by atoms with E-state index in [0.717, 1.165) is 5.56 Å². The number of aryl methyl sites for hydroxylation is 1. The first-order chi connectivity index (χ1) is 10.8. The van der Waals surface area contributed by atoms with Crippen LogP contribution in [0.4, 0.5) is 10.5 Å². The summed E-state index contributed by atoms with van der Waals surface area (Å²) in [7, 11) is -2.56. The van der Waals surface area contributed by atoms with E-state index in [0.29, 0.717) is 5.75 Å². The molecule has 0 unspecified atom stereocenters. The second-order valence-electron chi connectivity index (χ2n) is 4.76. The summed E-state index contributed by atoms with van der Waals surface area (Å²) in [5.74, 6) is 0.160. The van der Waals surface area contributed by atoms with E-state index in [4.69, 9.17) is 4.74 Å². The number of nitrogens with one attached hydrogen (secondary N) is 2. The maximum Gasteiger partial charge on any atom is 0.333 e. The van der Waals surface area contributed by atoms with E-state index in [1.54, 1.807) is 12.1 Å². The molecule has 2 amide bonds. The lowest BCUT2D eigenvalue weighted by atomic mass is 10.2. The number of amides is 2. The molecule has 0 saturated carbocycles. The van der Waals surface area contributed by atoms with Crippen LogP contribution in [0.25, 0.3) is 0 Å². The Hall–Kier alpha value is -2.74. The number of hydrogen-bond acceptors (Lipinski definition) is 5. The Bertz CT molecular complexity index is 816. The molecule has 2 aromatic carbocycles. The summed E-state index contributed by atoms with van der Waals surface area (Å²) in [5, 5.41) is 12.0. The number of rotatable bonds is 4. The smallest absolute Gasteiger partial charge is 0.333 e. The van der Waals surface area contributed by atoms with Crippen LogP contribution < -0.4 is 14.8 Å². The van der Waals surface area contributed by atoms with E-state index < -0.39 is 16.1 Å². The van der Waals surface area contributed by atoms with E-state index in [-0.39, 0.29) is 16.3 Å². The molecule has 0 aliphatic rings. The van der Waals surface area contributed by atoms with Gasteiger partial charge < -0.3 is 15.2 Å². The molecule has 0 aromatic heterocycles. The summed E-state index contributed by atoms with van der Waals surface area (Å²) < 4.78 is 30.9. The molecule has 0 atom stereocenters. The van der Waals surface area contributed by atoms with Crippen molar-refractivity contribution >= 4 is 21.7 Å². The van der Waals surface area contributed by atoms with Gasteiger partial charge in [-0.3, -0.25) is 0 Å². The first-order valence-corrected chi connectivity index (χ1v) is 8.07. The summed E-state index contributed by atoms with van der Waals surface area (Å²) in [6, 6.07) is 9.28. The number of urea groups is 1. The fourth-order valence-corrected chi connectivity index (χ4v) is 2.70. The fourth-order valence-electron chi connectivity index (χ4n) is 1.79. The second-order valence-corrected chi connectivity index (χ2v) is 6.44. The van der Waals surface area contributed by atoms with Gasteiger partial charge in [0.05, 0.1) is 17.7 Å². The number of anilines is 1. The Labute approximate surface area is 134 Å². The minimum Gasteiger partial charge on any atom is -0.506 e. The molecule has 0 spiro atoms. The van der Waals surface area contributed by atoms with Gasteiger partial charge in [0, 0.05) is 6.07 Å². The van der Waals surface area contributed by atoms with Crippen molar-refractivity contribution in [1.29, 1.82) is 0 Å². The van der Waals surface area contributed by atoms with Crippen molar-refractivity contribution in [2.45, 2.75) is 11.8 Å². The van der Waals surface area contributed by atoms with Crippen LogP contribution in [0.2, 0.25) is 0 Å². The lowest BCUT2D eigenvalue weighted by molar-refractivity contribution is 0.256. The molecule has 0 heterocycles. The summed E-state index contributed by atoms with van der Waals surface area (Å²) >= 11 is 0. The number of ether oxygens (including phenoxy) is 1. The van der Waals surface area contributed by atoms with Crippen molar-refractivity contribution in [2.24, 2.45) is 0 Å². The highest BCUT2D eigenvalue weighted by Gasteiger charge is 2.18. The van der Waals surface area contributed by atoms with Crippen molar-refractivity contribution in [3.8, 4) is 11.5 Å². The molecular weight excluding hydrogens is 320 g/mol. The van der Waals surface area contributed by atoms with Gasteiger partial charge in [-0.05, 0) is 31.2 Å². The van der Waals surface area contributed by atoms with Gasteiger partial charge in [0.2, 0.25) is 0 Å². The van der Waals surface area contributed by atoms with Crippen molar-refractivity contribution < 1.29 is 23.1 Å². The molecular formula is C15H16N2O5S. The van der Waals surface area contributed by atoms with Crippen LogP contribution in [0.5, 0.6) is 11.5 Å². The van der Waals surface area contributed by atoms with Gasteiger partial charge in [-0.1, -0.05) is 17.7 Å². The van der Waals surface area contributed by atoms with Gasteiger partial charge in [-0.25, -0.2) is 17.9 Å². The highest BCUT2D eigenvalue weighted by atomic mass is 32.2. The zero-order valence-electron chi connectivity index (χ0n) is 12.5. The number of methoxy groups -OCH3 is 1. The molecule has 8 heteroatoms. The fraction of sp³-hybridized carbons (Fsp3) is 0.133. The van der Waals surface area contributed by atoms with Crippen LogP contribution in [0, 0.1) is 6.92 Å². The van der Waals surface area contributed by atoms with Gasteiger partial charge in [0.15, 0.2) is 0 Å². The van der Waals surface area contributed by atoms with E-state index >= 15 is 0 Å². The van der Waals surface area contributed by atoms with Crippen LogP contribution in [0.15, 0.2) is 47.4 Å². The molecule has 0 saturated heterocycles. The number of benzene rings is 2. The Morgan fingerprint density at radius 1 is 1.13 bits per heavy atom. The van der Waals surface area contributed by atoms with Crippen LogP contribution in [-0.2, 0) is 10.0 Å². The monoisotopic (exact) mass is 336 g/mol. The average Bonchev–Trinajstić information content (AvgIpc) is 2.49. The van der Waals surface area contributed by atoms with Gasteiger partial charge in [-0.2, -0.15) is 0 Å². The standard InChI is InChI=1S/C15H16N2O5S/c1-10-3-6-12(7-4-10)23(20,21)17-15(19)16-13-8-5-11(22-2)9-14(13)18/h3-9,18H,1-2H3,(H2,16,17,19). The number of hydrogen-bond donors (Lipinski definition) is 3. The van der Waals surface area contributed by atoms with E-state index in [9.17, 15) is 18.3 Å². The third kappa shape index (κ3) is 4.13. The first kappa shape index (κ1) is 16.6. The molecule has 0 aliphatic heterocycles. The highest BCUT2D eigenvalue weighted by molar-refractivity contribution is 7.90. The molecule has 0 bridgehead atoms. The lowest BCUT2D eigenvalue weighted by Crippen LogP contribution is -2.34. The molecule has 0 fully saturated rings. The minimum absolute atomic E-state index is 0.0304. The van der Waals surface area contributed by atoms with Crippen LogP contribution >= 0.6 is 0 Å². The third-order valence-corrected chi connectivity index (χ3v) is 4.36. The van der Waals surface area contributed by atoms with E-state index in [2.05, 4.69) is 5.32 Å². The summed E-state index contributed by atoms with van der Waals surface area (Å²) in [5.41, 5.74) is 0.957. The molecule has 2 aromatic rings. The largest absolute Gasteiger partial charge is 0.506 e. The van der Waals surface area contributed by atoms with Crippen molar-refractivity contribution in [3.05, 3.63) is 48.0 Å². The molecule has 23 heavy (non-hydrogen) atoms. The number of sulfonamides is 1. The van der Waals surface area contributed by atoms with Gasteiger partial charge in [0.25, 0.3) is 10.0 Å². The van der Waals surface area contributed by atoms with Gasteiger partial charge in [0.1, 0.15) is 11.5 Å². The summed E-state index contributed by atoms with van der Waals surface area (Å²) in [6.45, 7) is 1.82. The maximum absolute atomic E-state index is 12.1. The normalized spacial score (nSPS) is 10.9. The predicted octanol–water partition coefficient (Wildman–Crippen LogP) is 2.22. The number of phenolic OH excluding ortho intramolecular Hbond substituents is 1. The summed E-state index contributed by atoms with van der Waals surface area (Å²) in [4.78, 5) is 11.8. The SMILES string of the molecule is COc1ccc(NC(=O)NS(=O)(=O)c2ccc(C)cc2)c(O)c1. The molecule has 7 nitrogen and oxygen atoms in total. The lowest BCUT2D eigenvalue weighted by Gasteiger charge is -2.10. The Morgan fingerprint density at radius 3 is 2.35 bits per heavy atom. The van der Waals surface area contributed by atoms with Gasteiger partial charge in [-0.15, -0.1) is 0 Å². The quantitative estimate of drug-likeness (QED) is 0.743. The molecule has 122 valence electrons. The zero-order chi connectivity index (χ0) is 17.0. The number of carbonyl (C=O) groups is 1. The van der Waals surface area contributed by atoms with Crippen molar-refractivity contribution in [3.63, 3.8) is 0 Å². The van der Waals surface area contributed by atoms with Crippen LogP contribution in [-0.4, -0.2) is 26.7 Å². The minimum atomic E-state index is -3.99. The molecule has 0 aliphatic carbocycles. The number of aromatic hydroxyl groups is 1. The van der Waals surface area contributed by atoms with Crippen molar-refractivity contribution in [2.75, 3.05) is 12.4 Å². The maximum atomic E-state index is 12.1. The Kier molecular flexibility index (Phi) is 4.75. The number of carbonyl (C=O) groups excluding carboxylic acids is 1. The van der Waals surface area contributed by atoms with Crippen LogP contribution in [0.3, 0.4) is 0 Å². The second kappa shape index (κ2) is 6.57. The predicted molar refractivity (Wildman–Crippen MR) is 85.2 cm³/mol. The third-order valence-electron chi connectivity index (χ3n) is 3.01. The van der Waals surface area contributed by atoms with E-state index in [1.807, 2.05) is 11.6 Å².